The smallest absolute Gasteiger partial charge is 0.337 e. The summed E-state index contributed by atoms with van der Waals surface area (Å²) in [6, 6.07) is 2.19. The molecule has 0 aliphatic heterocycles. The maximum atomic E-state index is 6.39. The lowest BCUT2D eigenvalue weighted by Gasteiger charge is -2.29. The van der Waals surface area contributed by atoms with E-state index < -0.39 is 8.56 Å². The van der Waals surface area contributed by atoms with E-state index in [0.29, 0.717) is 0 Å². The summed E-state index contributed by atoms with van der Waals surface area (Å²) in [5.74, 6) is 0. The van der Waals surface area contributed by atoms with Crippen LogP contribution < -0.4 is 0 Å². The van der Waals surface area contributed by atoms with Crippen LogP contribution >= 0.6 is 0 Å². The van der Waals surface area contributed by atoms with Gasteiger partial charge in [0.05, 0.1) is 0 Å². The van der Waals surface area contributed by atoms with Crippen molar-refractivity contribution in [1.82, 2.24) is 0 Å². The molecule has 0 heterocycles. The minimum atomic E-state index is -1.92. The minimum absolute atomic E-state index is 0.917. The molecule has 2 nitrogen and oxygen atoms in total. The highest BCUT2D eigenvalue weighted by Gasteiger charge is 2.33. The lowest BCUT2D eigenvalue weighted by atomic mass is 10.1. The van der Waals surface area contributed by atoms with Crippen LogP contribution in [0.1, 0.15) is 143 Å². The largest absolute Gasteiger partial charge is 0.394 e. The maximum absolute atomic E-state index is 6.39. The van der Waals surface area contributed by atoms with Gasteiger partial charge in [0.25, 0.3) is 0 Å². The lowest BCUT2D eigenvalue weighted by molar-refractivity contribution is 0.163. The van der Waals surface area contributed by atoms with Gasteiger partial charge in [-0.3, -0.25) is 0 Å². The molecule has 0 spiro atoms. The molecule has 0 unspecified atom stereocenters. The van der Waals surface area contributed by atoms with Gasteiger partial charge in [0.15, 0.2) is 0 Å². The summed E-state index contributed by atoms with van der Waals surface area (Å²) in [5, 5.41) is 0. The third-order valence-corrected chi connectivity index (χ3v) is 9.92. The molecule has 0 amide bonds. The van der Waals surface area contributed by atoms with E-state index in [4.69, 9.17) is 8.85 Å². The molecule has 0 saturated carbocycles. The molecule has 3 heteroatoms. The molecule has 0 N–H and O–H groups in total. The minimum Gasteiger partial charge on any atom is -0.394 e. The molecule has 0 bridgehead atoms. The zero-order valence-electron chi connectivity index (χ0n) is 20.9. The average Bonchev–Trinajstić information content (AvgIpc) is 2.75. The van der Waals surface area contributed by atoms with Gasteiger partial charge >= 0.3 is 8.56 Å². The second-order valence-corrected chi connectivity index (χ2v) is 12.8. The Kier molecular flexibility index (Phi) is 22.9. The van der Waals surface area contributed by atoms with Gasteiger partial charge < -0.3 is 8.85 Å². The van der Waals surface area contributed by atoms with Crippen molar-refractivity contribution < 1.29 is 8.85 Å². The van der Waals surface area contributed by atoms with Gasteiger partial charge in [0.1, 0.15) is 0 Å². The van der Waals surface area contributed by atoms with Crippen LogP contribution in [0.15, 0.2) is 0 Å². The summed E-state index contributed by atoms with van der Waals surface area (Å²) in [5.41, 5.74) is 0. The van der Waals surface area contributed by atoms with E-state index in [1.165, 1.54) is 116 Å². The van der Waals surface area contributed by atoms with E-state index in [-0.39, 0.29) is 0 Å². The first-order valence-electron chi connectivity index (χ1n) is 13.5. The Labute approximate surface area is 186 Å². The number of unbranched alkanes of at least 4 members (excludes halogenated alkanes) is 16. The molecular weight excluding hydrogens is 372 g/mol. The van der Waals surface area contributed by atoms with Crippen molar-refractivity contribution in [3.63, 3.8) is 0 Å². The van der Waals surface area contributed by atoms with Gasteiger partial charge in [-0.1, -0.05) is 130 Å². The molecule has 0 aliphatic carbocycles. The van der Waals surface area contributed by atoms with Crippen LogP contribution in [0.3, 0.4) is 0 Å². The molecule has 0 saturated heterocycles. The van der Waals surface area contributed by atoms with Gasteiger partial charge in [-0.2, -0.15) is 0 Å². The summed E-state index contributed by atoms with van der Waals surface area (Å²) >= 11 is 0. The molecule has 176 valence electrons. The fourth-order valence-corrected chi connectivity index (χ4v) is 6.47. The average molecular weight is 429 g/mol. The van der Waals surface area contributed by atoms with Crippen molar-refractivity contribution in [1.29, 1.82) is 0 Å². The zero-order valence-corrected chi connectivity index (χ0v) is 21.9. The monoisotopic (exact) mass is 428 g/mol. The first-order chi connectivity index (χ1) is 14.2. The van der Waals surface area contributed by atoms with Crippen LogP contribution in [-0.4, -0.2) is 21.8 Å². The molecule has 0 fully saturated rings. The van der Waals surface area contributed by atoms with Crippen LogP contribution in [0, 0.1) is 0 Å². The van der Waals surface area contributed by atoms with E-state index in [0.717, 1.165) is 25.3 Å². The Morgan fingerprint density at radius 1 is 0.379 bits per heavy atom. The Balaban J connectivity index is 3.61. The molecule has 0 aromatic rings. The highest BCUT2D eigenvalue weighted by atomic mass is 28.4. The highest BCUT2D eigenvalue weighted by Crippen LogP contribution is 2.20. The fourth-order valence-electron chi connectivity index (χ4n) is 4.04. The number of hydrogen-bond donors (Lipinski definition) is 0. The first kappa shape index (κ1) is 29.1. The van der Waals surface area contributed by atoms with Crippen LogP contribution in [-0.2, 0) is 8.85 Å². The molecule has 0 aromatic heterocycles. The van der Waals surface area contributed by atoms with Crippen LogP contribution in [0.2, 0.25) is 12.1 Å². The van der Waals surface area contributed by atoms with Crippen molar-refractivity contribution in [3.05, 3.63) is 0 Å². The van der Waals surface area contributed by atoms with Gasteiger partial charge in [-0.15, -0.1) is 0 Å². The van der Waals surface area contributed by atoms with Crippen molar-refractivity contribution in [3.8, 4) is 0 Å². The van der Waals surface area contributed by atoms with Gasteiger partial charge in [0, 0.05) is 13.2 Å². The van der Waals surface area contributed by atoms with E-state index in [1.54, 1.807) is 0 Å². The maximum Gasteiger partial charge on any atom is 0.337 e. The van der Waals surface area contributed by atoms with Crippen LogP contribution in [0.25, 0.3) is 0 Å². The third-order valence-electron chi connectivity index (χ3n) is 6.30. The topological polar surface area (TPSA) is 18.5 Å². The van der Waals surface area contributed by atoms with Gasteiger partial charge in [-0.05, 0) is 24.9 Å². The van der Waals surface area contributed by atoms with Crippen molar-refractivity contribution in [2.75, 3.05) is 13.2 Å². The summed E-state index contributed by atoms with van der Waals surface area (Å²) in [6.45, 7) is 10.9. The molecule has 0 aliphatic rings. The Bertz CT molecular complexity index is 305. The second kappa shape index (κ2) is 22.8. The second-order valence-electron chi connectivity index (χ2n) is 8.97. The summed E-state index contributed by atoms with van der Waals surface area (Å²) in [4.78, 5) is 0. The Morgan fingerprint density at radius 3 is 0.931 bits per heavy atom. The normalized spacial score (nSPS) is 12.0. The molecule has 29 heavy (non-hydrogen) atoms. The van der Waals surface area contributed by atoms with Crippen molar-refractivity contribution in [2.45, 2.75) is 155 Å². The van der Waals surface area contributed by atoms with Crippen LogP contribution in [0.5, 0.6) is 0 Å². The Morgan fingerprint density at radius 2 is 0.655 bits per heavy atom. The summed E-state index contributed by atoms with van der Waals surface area (Å²) in [7, 11) is -1.92. The molecule has 0 radical (unpaired) electrons. The zero-order chi connectivity index (χ0) is 21.5. The summed E-state index contributed by atoms with van der Waals surface area (Å²) < 4.78 is 12.8. The number of hydrogen-bond acceptors (Lipinski definition) is 2. The highest BCUT2D eigenvalue weighted by molar-refractivity contribution is 6.67. The molecule has 0 rings (SSSR count). The molecular formula is C26H56O2Si. The lowest BCUT2D eigenvalue weighted by Crippen LogP contribution is -2.41. The van der Waals surface area contributed by atoms with Crippen molar-refractivity contribution >= 4 is 8.56 Å². The van der Waals surface area contributed by atoms with Gasteiger partial charge in [-0.25, -0.2) is 0 Å². The van der Waals surface area contributed by atoms with Gasteiger partial charge in [0.2, 0.25) is 0 Å². The van der Waals surface area contributed by atoms with E-state index >= 15 is 0 Å². The van der Waals surface area contributed by atoms with Crippen LogP contribution in [0.4, 0.5) is 0 Å². The predicted octanol–water partition coefficient (Wildman–Crippen LogP) is 9.56. The Hall–Kier alpha value is 0.137. The fraction of sp³-hybridized carbons (Fsp3) is 1.00. The SMILES string of the molecule is CCCCCCCCCCCCCO[Si](CC)(CC)OCCCCCCCCC. The quantitative estimate of drug-likeness (QED) is 0.112. The van der Waals surface area contributed by atoms with E-state index in [1.807, 2.05) is 0 Å². The standard InChI is InChI=1S/C26H56O2Si/c1-5-9-11-13-15-16-17-18-20-22-24-26-28-29(7-3,8-4)27-25-23-21-19-14-12-10-6-2/h5-26H2,1-4H3. The molecule has 0 aromatic carbocycles. The summed E-state index contributed by atoms with van der Waals surface area (Å²) in [6.07, 6.45) is 24.7. The van der Waals surface area contributed by atoms with E-state index in [2.05, 4.69) is 27.7 Å². The van der Waals surface area contributed by atoms with Crippen molar-refractivity contribution in [2.24, 2.45) is 0 Å². The van der Waals surface area contributed by atoms with E-state index in [9.17, 15) is 0 Å². The first-order valence-corrected chi connectivity index (χ1v) is 15.8. The predicted molar refractivity (Wildman–Crippen MR) is 133 cm³/mol. The third kappa shape index (κ3) is 18.6. The molecule has 0 atom stereocenters. The number of rotatable bonds is 24.